The number of nitrogens with zero attached hydrogens (tertiary/aromatic N) is 1. The molecule has 0 radical (unpaired) electrons. The Bertz CT molecular complexity index is 599. The van der Waals surface area contributed by atoms with Crippen molar-refractivity contribution in [1.82, 2.24) is 15.3 Å². The highest BCUT2D eigenvalue weighted by molar-refractivity contribution is 6.29. The lowest BCUT2D eigenvalue weighted by Gasteiger charge is -2.01. The molecule has 1 amide bonds. The Kier molecular flexibility index (Phi) is 3.42. The van der Waals surface area contributed by atoms with Gasteiger partial charge in [0.25, 0.3) is 11.5 Å². The third kappa shape index (κ3) is 2.40. The fourth-order valence-corrected chi connectivity index (χ4v) is 1.48. The molecule has 0 aliphatic heterocycles. The quantitative estimate of drug-likeness (QED) is 0.843. The molecular formula is C10H7ClF3N3O. The van der Waals surface area contributed by atoms with Gasteiger partial charge in [-0.1, -0.05) is 11.6 Å². The molecule has 0 fully saturated rings. The average Bonchev–Trinajstić information content (AvgIpc) is 2.74. The van der Waals surface area contributed by atoms with E-state index in [0.717, 1.165) is 6.07 Å². The Hall–Kier alpha value is -1.76. The predicted octanol–water partition coefficient (Wildman–Crippen LogP) is 1.99. The largest absolute Gasteiger partial charge is 0.345 e. The number of alkyl halides is 2. The summed E-state index contributed by atoms with van der Waals surface area (Å²) in [5, 5.41) is 2.14. The molecule has 2 rings (SSSR count). The van der Waals surface area contributed by atoms with Gasteiger partial charge in [0, 0.05) is 0 Å². The summed E-state index contributed by atoms with van der Waals surface area (Å²) in [6.07, 6.45) is 0. The van der Waals surface area contributed by atoms with Gasteiger partial charge >= 0.3 is 0 Å². The Labute approximate surface area is 104 Å². The van der Waals surface area contributed by atoms with Crippen molar-refractivity contribution in [1.29, 1.82) is 0 Å². The summed E-state index contributed by atoms with van der Waals surface area (Å²) in [6.45, 7) is -0.165. The molecule has 2 aromatic rings. The third-order valence-electron chi connectivity index (χ3n) is 2.22. The van der Waals surface area contributed by atoms with Crippen LogP contribution in [0.25, 0.3) is 11.0 Å². The topological polar surface area (TPSA) is 57.8 Å². The number of rotatable bonds is 3. The number of hydrogen-bond donors (Lipinski definition) is 2. The summed E-state index contributed by atoms with van der Waals surface area (Å²) in [4.78, 5) is 17.3. The highest BCUT2D eigenvalue weighted by atomic mass is 35.5. The van der Waals surface area contributed by atoms with Crippen LogP contribution in [0.1, 0.15) is 5.82 Å². The Balaban J connectivity index is 2.21. The number of fused-ring (bicyclic) bond motifs is 1. The molecule has 96 valence electrons. The zero-order valence-electron chi connectivity index (χ0n) is 8.81. The molecule has 2 N–H and O–H groups in total. The van der Waals surface area contributed by atoms with Gasteiger partial charge in [-0.15, -0.1) is 0 Å². The lowest BCUT2D eigenvalue weighted by molar-refractivity contribution is -0.123. The minimum atomic E-state index is -2.16. The highest BCUT2D eigenvalue weighted by Gasteiger charge is 2.15. The summed E-state index contributed by atoms with van der Waals surface area (Å²) < 4.78 is 38.6. The number of benzene rings is 1. The van der Waals surface area contributed by atoms with Gasteiger partial charge < -0.3 is 10.3 Å². The number of H-pyrrole nitrogens is 1. The maximum Gasteiger partial charge on any atom is 0.270 e. The molecule has 1 heterocycles. The van der Waals surface area contributed by atoms with Crippen molar-refractivity contribution in [3.05, 3.63) is 29.6 Å². The second-order valence-corrected chi connectivity index (χ2v) is 3.84. The van der Waals surface area contributed by atoms with E-state index in [4.69, 9.17) is 11.6 Å². The zero-order valence-corrected chi connectivity index (χ0v) is 9.56. The van der Waals surface area contributed by atoms with E-state index in [1.54, 1.807) is 0 Å². The lowest BCUT2D eigenvalue weighted by Crippen LogP contribution is -2.28. The molecule has 1 atom stereocenters. The molecule has 0 aliphatic rings. The van der Waals surface area contributed by atoms with Gasteiger partial charge in [0.15, 0.2) is 11.6 Å². The first-order valence-electron chi connectivity index (χ1n) is 4.87. The molecular weight excluding hydrogens is 271 g/mol. The van der Waals surface area contributed by atoms with E-state index in [1.165, 1.54) is 6.07 Å². The minimum absolute atomic E-state index is 0.165. The molecule has 4 nitrogen and oxygen atoms in total. The number of imidazole rings is 1. The fraction of sp³-hybridized carbons (Fsp3) is 0.200. The normalized spacial score (nSPS) is 12.7. The van der Waals surface area contributed by atoms with Crippen LogP contribution in [0.3, 0.4) is 0 Å². The van der Waals surface area contributed by atoms with Gasteiger partial charge in [-0.3, -0.25) is 4.79 Å². The van der Waals surface area contributed by atoms with Crippen molar-refractivity contribution >= 4 is 28.5 Å². The summed E-state index contributed by atoms with van der Waals surface area (Å²) >= 11 is 4.90. The van der Waals surface area contributed by atoms with Gasteiger partial charge in [0.05, 0.1) is 12.1 Å². The number of carbonyl (C=O) groups is 1. The minimum Gasteiger partial charge on any atom is -0.345 e. The molecule has 0 saturated carbocycles. The fourth-order valence-electron chi connectivity index (χ4n) is 1.40. The number of aromatic amines is 1. The maximum atomic E-state index is 13.3. The van der Waals surface area contributed by atoms with Crippen molar-refractivity contribution in [2.24, 2.45) is 0 Å². The number of amides is 1. The molecule has 1 aromatic carbocycles. The Morgan fingerprint density at radius 2 is 2.22 bits per heavy atom. The van der Waals surface area contributed by atoms with Crippen LogP contribution in [0.2, 0.25) is 0 Å². The van der Waals surface area contributed by atoms with Gasteiger partial charge in [0.1, 0.15) is 11.3 Å². The smallest absolute Gasteiger partial charge is 0.270 e. The summed E-state index contributed by atoms with van der Waals surface area (Å²) in [6, 6.07) is 2.26. The van der Waals surface area contributed by atoms with Crippen LogP contribution in [0, 0.1) is 11.6 Å². The monoisotopic (exact) mass is 277 g/mol. The van der Waals surface area contributed by atoms with E-state index in [9.17, 15) is 18.0 Å². The maximum absolute atomic E-state index is 13.3. The average molecular weight is 278 g/mol. The van der Waals surface area contributed by atoms with Crippen LogP contribution in [0.15, 0.2) is 12.1 Å². The van der Waals surface area contributed by atoms with Crippen molar-refractivity contribution in [2.75, 3.05) is 0 Å². The first kappa shape index (κ1) is 12.7. The Morgan fingerprint density at radius 1 is 1.50 bits per heavy atom. The number of aromatic nitrogens is 2. The summed E-state index contributed by atoms with van der Waals surface area (Å²) in [5.41, 5.74) is -2.06. The number of nitrogens with one attached hydrogen (secondary N) is 2. The van der Waals surface area contributed by atoms with Crippen LogP contribution >= 0.6 is 11.6 Å². The lowest BCUT2D eigenvalue weighted by atomic mass is 10.3. The molecule has 0 spiro atoms. The first-order valence-corrected chi connectivity index (χ1v) is 5.31. The number of carbonyl (C=O) groups excluding carboxylic acids is 1. The van der Waals surface area contributed by atoms with Gasteiger partial charge in [-0.25, -0.2) is 18.2 Å². The number of hydrogen-bond acceptors (Lipinski definition) is 2. The van der Waals surface area contributed by atoms with Crippen molar-refractivity contribution in [3.8, 4) is 0 Å². The molecule has 0 bridgehead atoms. The molecule has 1 aromatic heterocycles. The van der Waals surface area contributed by atoms with E-state index < -0.39 is 23.2 Å². The molecule has 0 aliphatic carbocycles. The second-order valence-electron chi connectivity index (χ2n) is 3.46. The summed E-state index contributed by atoms with van der Waals surface area (Å²) in [5.74, 6) is -2.96. The molecule has 0 saturated heterocycles. The van der Waals surface area contributed by atoms with Crippen molar-refractivity contribution in [2.45, 2.75) is 12.2 Å². The van der Waals surface area contributed by atoms with Crippen LogP contribution in [-0.4, -0.2) is 21.5 Å². The molecule has 8 heteroatoms. The van der Waals surface area contributed by atoms with Gasteiger partial charge in [0.2, 0.25) is 0 Å². The highest BCUT2D eigenvalue weighted by Crippen LogP contribution is 2.17. The van der Waals surface area contributed by atoms with E-state index in [1.807, 2.05) is 0 Å². The summed E-state index contributed by atoms with van der Waals surface area (Å²) in [7, 11) is 0. The van der Waals surface area contributed by atoms with Gasteiger partial charge in [-0.2, -0.15) is 0 Å². The standard InChI is InChI=1S/C10H7ClF3N3O/c11-9(14)10(18)15-3-6-16-5-2-1-4(12)7(13)8(5)17-6/h1-2,9H,3H2,(H,15,18)(H,16,17). The zero-order chi connectivity index (χ0) is 13.3. The van der Waals surface area contributed by atoms with E-state index in [-0.39, 0.29) is 23.4 Å². The van der Waals surface area contributed by atoms with Crippen LogP contribution < -0.4 is 5.32 Å². The second kappa shape index (κ2) is 4.85. The molecule has 18 heavy (non-hydrogen) atoms. The van der Waals surface area contributed by atoms with Crippen LogP contribution in [-0.2, 0) is 11.3 Å². The van der Waals surface area contributed by atoms with E-state index >= 15 is 0 Å². The SMILES string of the molecule is O=C(NCc1nc2c(F)c(F)ccc2[nH]1)C(F)Cl. The number of halogens is 4. The first-order chi connectivity index (χ1) is 8.49. The Morgan fingerprint density at radius 3 is 2.89 bits per heavy atom. The molecule has 1 unspecified atom stereocenters. The van der Waals surface area contributed by atoms with Crippen molar-refractivity contribution < 1.29 is 18.0 Å². The van der Waals surface area contributed by atoms with Crippen LogP contribution in [0.4, 0.5) is 13.2 Å². The van der Waals surface area contributed by atoms with Crippen LogP contribution in [0.5, 0.6) is 0 Å². The van der Waals surface area contributed by atoms with E-state index in [0.29, 0.717) is 0 Å². The van der Waals surface area contributed by atoms with Gasteiger partial charge in [-0.05, 0) is 12.1 Å². The van der Waals surface area contributed by atoms with E-state index in [2.05, 4.69) is 15.3 Å². The van der Waals surface area contributed by atoms with Crippen molar-refractivity contribution in [3.63, 3.8) is 0 Å². The predicted molar refractivity (Wildman–Crippen MR) is 58.6 cm³/mol. The third-order valence-corrected chi connectivity index (χ3v) is 2.42.